The first kappa shape index (κ1) is 21.3. The summed E-state index contributed by atoms with van der Waals surface area (Å²) in [6.45, 7) is 5.57. The summed E-state index contributed by atoms with van der Waals surface area (Å²) in [4.78, 5) is 20.5. The van der Waals surface area contributed by atoms with Gasteiger partial charge in [-0.2, -0.15) is 4.39 Å². The van der Waals surface area contributed by atoms with Crippen LogP contribution >= 0.6 is 0 Å². The maximum atomic E-state index is 13.6. The van der Waals surface area contributed by atoms with Gasteiger partial charge in [0.15, 0.2) is 5.82 Å². The molecule has 0 radical (unpaired) electrons. The monoisotopic (exact) mass is 430 g/mol. The van der Waals surface area contributed by atoms with E-state index in [0.717, 1.165) is 24.2 Å². The topological polar surface area (TPSA) is 85.1 Å². The van der Waals surface area contributed by atoms with Crippen LogP contribution in [0.15, 0.2) is 72.1 Å². The van der Waals surface area contributed by atoms with Crippen LogP contribution in [0.4, 0.5) is 10.1 Å². The molecule has 3 aromatic rings. The van der Waals surface area contributed by atoms with E-state index in [0.29, 0.717) is 28.4 Å². The Labute approximate surface area is 185 Å². The highest BCUT2D eigenvalue weighted by Gasteiger charge is 2.26. The van der Waals surface area contributed by atoms with Crippen molar-refractivity contribution in [2.75, 3.05) is 12.4 Å². The molecule has 1 N–H and O–H groups in total. The number of amides is 1. The Bertz CT molecular complexity index is 1240. The summed E-state index contributed by atoms with van der Waals surface area (Å²) >= 11 is 0. The maximum Gasteiger partial charge on any atom is 0.274 e. The maximum absolute atomic E-state index is 13.6. The number of rotatable bonds is 7. The number of carbonyl (C=O) groups is 1. The molecule has 1 saturated carbocycles. The highest BCUT2D eigenvalue weighted by atomic mass is 19.1. The molecule has 2 aromatic heterocycles. The summed E-state index contributed by atoms with van der Waals surface area (Å²) in [7, 11) is 1.38. The number of nitrogens with one attached hydrogen (secondary N) is 1. The van der Waals surface area contributed by atoms with E-state index in [4.69, 9.17) is 0 Å². The molecule has 1 aromatic carbocycles. The molecule has 1 aliphatic carbocycles. The van der Waals surface area contributed by atoms with E-state index in [1.807, 2.05) is 18.2 Å². The lowest BCUT2D eigenvalue weighted by molar-refractivity contribution is 0.102. The van der Waals surface area contributed by atoms with Gasteiger partial charge in [-0.25, -0.2) is 0 Å². The van der Waals surface area contributed by atoms with Gasteiger partial charge in [0, 0.05) is 36.1 Å². The third-order valence-electron chi connectivity index (χ3n) is 5.17. The minimum atomic E-state index is -0.560. The quantitative estimate of drug-likeness (QED) is 0.427. The van der Waals surface area contributed by atoms with Crippen molar-refractivity contribution in [3.05, 3.63) is 78.4 Å². The molecule has 0 unspecified atom stereocenters. The zero-order valence-electron chi connectivity index (χ0n) is 17.9. The number of anilines is 1. The zero-order chi connectivity index (χ0) is 22.7. The van der Waals surface area contributed by atoms with Gasteiger partial charge in [0.2, 0.25) is 5.97 Å². The van der Waals surface area contributed by atoms with E-state index in [1.165, 1.54) is 13.2 Å². The Morgan fingerprint density at radius 2 is 2.12 bits per heavy atom. The predicted octanol–water partition coefficient (Wildman–Crippen LogP) is 4.88. The van der Waals surface area contributed by atoms with Crippen molar-refractivity contribution in [1.82, 2.24) is 19.7 Å². The Kier molecular flexibility index (Phi) is 6.02. The summed E-state index contributed by atoms with van der Waals surface area (Å²) in [6.07, 6.45) is 7.11. The molecule has 2 heterocycles. The van der Waals surface area contributed by atoms with Gasteiger partial charge in [0.1, 0.15) is 12.0 Å². The van der Waals surface area contributed by atoms with Gasteiger partial charge in [-0.3, -0.25) is 14.8 Å². The summed E-state index contributed by atoms with van der Waals surface area (Å²) in [6, 6.07) is 11.3. The fourth-order valence-corrected chi connectivity index (χ4v) is 3.34. The first-order chi connectivity index (χ1) is 15.5. The molecule has 0 aliphatic heterocycles. The Hall–Kier alpha value is -3.94. The van der Waals surface area contributed by atoms with Crippen LogP contribution in [0.3, 0.4) is 0 Å². The van der Waals surface area contributed by atoms with E-state index in [2.05, 4.69) is 36.6 Å². The molecule has 8 heteroatoms. The summed E-state index contributed by atoms with van der Waals surface area (Å²) in [5.74, 6) is -0.136. The molecular weight excluding hydrogens is 407 g/mol. The van der Waals surface area contributed by atoms with Crippen LogP contribution in [0, 0.1) is 0 Å². The van der Waals surface area contributed by atoms with Gasteiger partial charge in [-0.05, 0) is 61.2 Å². The first-order valence-corrected chi connectivity index (χ1v) is 10.2. The first-order valence-electron chi connectivity index (χ1n) is 10.2. The summed E-state index contributed by atoms with van der Waals surface area (Å²) in [5.41, 5.74) is 3.31. The number of hydrogen-bond donors (Lipinski definition) is 1. The number of pyridine rings is 1. The second-order valence-electron chi connectivity index (χ2n) is 7.62. The van der Waals surface area contributed by atoms with Gasteiger partial charge >= 0.3 is 0 Å². The number of benzene rings is 1. The second-order valence-corrected chi connectivity index (χ2v) is 7.62. The van der Waals surface area contributed by atoms with Crippen molar-refractivity contribution in [3.63, 3.8) is 0 Å². The standard InChI is InChI=1S/C24H23FN6O/c1-15(11-16(2)22(25)26-3)17-9-10-27-21(13-17)24(32)29-19-6-4-5-18(12-19)23-30-28-14-31(23)20-7-8-20/h4-6,9-14,20H,1,7-8H2,2-3H3,(H,29,32). The number of nitrogens with zero attached hydrogens (tertiary/aromatic N) is 5. The largest absolute Gasteiger partial charge is 0.321 e. The summed E-state index contributed by atoms with van der Waals surface area (Å²) < 4.78 is 15.7. The van der Waals surface area contributed by atoms with Crippen molar-refractivity contribution in [1.29, 1.82) is 0 Å². The smallest absolute Gasteiger partial charge is 0.274 e. The van der Waals surface area contributed by atoms with Crippen molar-refractivity contribution < 1.29 is 9.18 Å². The molecular formula is C24H23FN6O. The molecule has 32 heavy (non-hydrogen) atoms. The van der Waals surface area contributed by atoms with Crippen LogP contribution in [-0.4, -0.2) is 38.7 Å². The predicted molar refractivity (Wildman–Crippen MR) is 123 cm³/mol. The van der Waals surface area contributed by atoms with Crippen molar-refractivity contribution >= 4 is 23.1 Å². The van der Waals surface area contributed by atoms with E-state index in [1.54, 1.807) is 37.5 Å². The molecule has 7 nitrogen and oxygen atoms in total. The molecule has 0 atom stereocenters. The van der Waals surface area contributed by atoms with Crippen LogP contribution < -0.4 is 5.32 Å². The molecule has 1 aliphatic rings. The van der Waals surface area contributed by atoms with Crippen LogP contribution in [0.1, 0.15) is 41.9 Å². The molecule has 4 rings (SSSR count). The average Bonchev–Trinajstić information content (AvgIpc) is 3.54. The molecule has 0 saturated heterocycles. The minimum absolute atomic E-state index is 0.228. The van der Waals surface area contributed by atoms with E-state index >= 15 is 0 Å². The second kappa shape index (κ2) is 9.05. The number of allylic oxidation sites excluding steroid dienone is 3. The van der Waals surface area contributed by atoms with Crippen LogP contribution in [0.2, 0.25) is 0 Å². The van der Waals surface area contributed by atoms with Gasteiger partial charge in [-0.1, -0.05) is 18.7 Å². The van der Waals surface area contributed by atoms with Gasteiger partial charge in [-0.15, -0.1) is 10.2 Å². The molecule has 1 fully saturated rings. The van der Waals surface area contributed by atoms with Crippen molar-refractivity contribution in [2.45, 2.75) is 25.8 Å². The van der Waals surface area contributed by atoms with Crippen molar-refractivity contribution in [3.8, 4) is 11.4 Å². The zero-order valence-corrected chi connectivity index (χ0v) is 17.9. The lowest BCUT2D eigenvalue weighted by Crippen LogP contribution is -2.14. The Morgan fingerprint density at radius 1 is 1.31 bits per heavy atom. The van der Waals surface area contributed by atoms with Gasteiger partial charge in [0.05, 0.1) is 0 Å². The molecule has 162 valence electrons. The Balaban J connectivity index is 1.52. The fraction of sp³-hybridized carbons (Fsp3) is 0.208. The minimum Gasteiger partial charge on any atom is -0.321 e. The van der Waals surface area contributed by atoms with Crippen molar-refractivity contribution in [2.24, 2.45) is 4.99 Å². The number of carbonyl (C=O) groups excluding carboxylic acids is 1. The SMILES string of the molecule is C=C(C=C(C)C(F)=NC)c1ccnc(C(=O)Nc2cccc(-c3nncn3C3CC3)c2)c1. The van der Waals surface area contributed by atoms with Gasteiger partial charge in [0.25, 0.3) is 5.91 Å². The van der Waals surface area contributed by atoms with Crippen LogP contribution in [0.25, 0.3) is 17.0 Å². The summed E-state index contributed by atoms with van der Waals surface area (Å²) in [5, 5.41) is 11.1. The Morgan fingerprint density at radius 3 is 2.88 bits per heavy atom. The number of aliphatic imine (C=N–C) groups is 1. The number of halogens is 1. The highest BCUT2D eigenvalue weighted by Crippen LogP contribution is 2.37. The van der Waals surface area contributed by atoms with Crippen LogP contribution in [-0.2, 0) is 0 Å². The lowest BCUT2D eigenvalue weighted by atomic mass is 10.1. The van der Waals surface area contributed by atoms with Crippen LogP contribution in [0.5, 0.6) is 0 Å². The molecule has 0 spiro atoms. The number of aromatic nitrogens is 4. The van der Waals surface area contributed by atoms with E-state index in [9.17, 15) is 9.18 Å². The van der Waals surface area contributed by atoms with Gasteiger partial charge < -0.3 is 9.88 Å². The molecule has 1 amide bonds. The molecule has 0 bridgehead atoms. The third kappa shape index (κ3) is 4.69. The highest BCUT2D eigenvalue weighted by molar-refractivity contribution is 6.03. The van der Waals surface area contributed by atoms with E-state index in [-0.39, 0.29) is 11.6 Å². The fourth-order valence-electron chi connectivity index (χ4n) is 3.34. The number of hydrogen-bond acceptors (Lipinski definition) is 5. The average molecular weight is 430 g/mol. The lowest BCUT2D eigenvalue weighted by Gasteiger charge is -2.09. The third-order valence-corrected chi connectivity index (χ3v) is 5.17. The van der Waals surface area contributed by atoms with E-state index < -0.39 is 5.97 Å². The normalized spacial score (nSPS) is 14.3.